The van der Waals surface area contributed by atoms with E-state index in [1.165, 1.54) is 6.08 Å². The number of benzene rings is 1. The van der Waals surface area contributed by atoms with Gasteiger partial charge in [0.2, 0.25) is 0 Å². The van der Waals surface area contributed by atoms with Crippen molar-refractivity contribution in [3.63, 3.8) is 0 Å². The van der Waals surface area contributed by atoms with Gasteiger partial charge in [-0.05, 0) is 11.6 Å². The third kappa shape index (κ3) is 1.95. The molecule has 0 spiro atoms. The van der Waals surface area contributed by atoms with E-state index in [0.717, 1.165) is 5.56 Å². The second kappa shape index (κ2) is 4.07. The van der Waals surface area contributed by atoms with Gasteiger partial charge in [-0.1, -0.05) is 36.9 Å². The Hall–Kier alpha value is -1.08. The molecule has 0 saturated heterocycles. The topological polar surface area (TPSA) is 17.1 Å². The lowest BCUT2D eigenvalue weighted by atomic mass is 10.1. The fraction of sp³-hybridized carbons (Fsp3) is 0.100. The van der Waals surface area contributed by atoms with Crippen molar-refractivity contribution in [2.45, 2.75) is 5.38 Å². The van der Waals surface area contributed by atoms with Gasteiger partial charge in [-0.15, -0.1) is 11.6 Å². The van der Waals surface area contributed by atoms with Crippen LogP contribution in [0.1, 0.15) is 10.9 Å². The van der Waals surface area contributed by atoms with Crippen molar-refractivity contribution in [2.24, 2.45) is 0 Å². The average Bonchev–Trinajstić information content (AvgIpc) is 2.17. The van der Waals surface area contributed by atoms with Crippen LogP contribution in [-0.4, -0.2) is 5.78 Å². The summed E-state index contributed by atoms with van der Waals surface area (Å²) in [4.78, 5) is 11.1. The SMILES string of the molecule is C=CC(=O)C(Cl)c1ccccc1. The Morgan fingerprint density at radius 1 is 1.42 bits per heavy atom. The first-order valence-electron chi connectivity index (χ1n) is 3.61. The minimum Gasteiger partial charge on any atom is -0.293 e. The Labute approximate surface area is 76.7 Å². The highest BCUT2D eigenvalue weighted by molar-refractivity contribution is 6.32. The maximum Gasteiger partial charge on any atom is 0.177 e. The van der Waals surface area contributed by atoms with Crippen LogP contribution in [0.4, 0.5) is 0 Å². The summed E-state index contributed by atoms with van der Waals surface area (Å²) in [5.41, 5.74) is 0.809. The van der Waals surface area contributed by atoms with Gasteiger partial charge in [-0.25, -0.2) is 0 Å². The molecule has 0 aliphatic heterocycles. The van der Waals surface area contributed by atoms with Crippen LogP contribution in [0.15, 0.2) is 43.0 Å². The molecule has 2 heteroatoms. The van der Waals surface area contributed by atoms with E-state index in [4.69, 9.17) is 11.6 Å². The summed E-state index contributed by atoms with van der Waals surface area (Å²) in [6, 6.07) is 9.21. The summed E-state index contributed by atoms with van der Waals surface area (Å²) in [6.07, 6.45) is 1.24. The molecule has 0 aliphatic carbocycles. The maximum atomic E-state index is 11.1. The summed E-state index contributed by atoms with van der Waals surface area (Å²) in [5.74, 6) is -0.164. The molecule has 62 valence electrons. The number of hydrogen-bond donors (Lipinski definition) is 0. The highest BCUT2D eigenvalue weighted by atomic mass is 35.5. The Morgan fingerprint density at radius 2 is 2.00 bits per heavy atom. The lowest BCUT2D eigenvalue weighted by molar-refractivity contribution is -0.114. The molecule has 1 aromatic rings. The number of rotatable bonds is 3. The quantitative estimate of drug-likeness (QED) is 0.517. The number of halogens is 1. The molecular formula is C10H9ClO. The van der Waals surface area contributed by atoms with Gasteiger partial charge >= 0.3 is 0 Å². The molecule has 0 aliphatic rings. The number of ketones is 1. The first kappa shape index (κ1) is 9.01. The predicted molar refractivity (Wildman–Crippen MR) is 50.2 cm³/mol. The molecule has 1 aromatic carbocycles. The van der Waals surface area contributed by atoms with Crippen LogP contribution in [0.5, 0.6) is 0 Å². The number of allylic oxidation sites excluding steroid dienone is 1. The normalized spacial score (nSPS) is 12.1. The molecule has 1 atom stereocenters. The van der Waals surface area contributed by atoms with E-state index >= 15 is 0 Å². The largest absolute Gasteiger partial charge is 0.293 e. The van der Waals surface area contributed by atoms with E-state index in [-0.39, 0.29) is 5.78 Å². The molecule has 12 heavy (non-hydrogen) atoms. The number of hydrogen-bond acceptors (Lipinski definition) is 1. The van der Waals surface area contributed by atoms with Crippen LogP contribution in [-0.2, 0) is 4.79 Å². The molecule has 0 bridgehead atoms. The minimum atomic E-state index is -0.594. The van der Waals surface area contributed by atoms with Crippen LogP contribution in [0.3, 0.4) is 0 Å². The molecule has 0 saturated carbocycles. The predicted octanol–water partition coefficient (Wildman–Crippen LogP) is 2.72. The summed E-state index contributed by atoms with van der Waals surface area (Å²) in [6.45, 7) is 3.37. The molecule has 0 heterocycles. The molecule has 0 fully saturated rings. The standard InChI is InChI=1S/C10H9ClO/c1-2-9(12)10(11)8-6-4-3-5-7-8/h2-7,10H,1H2. The second-order valence-corrected chi connectivity index (χ2v) is 2.82. The highest BCUT2D eigenvalue weighted by Gasteiger charge is 2.12. The number of alkyl halides is 1. The number of carbonyl (C=O) groups is 1. The van der Waals surface area contributed by atoms with Gasteiger partial charge in [-0.3, -0.25) is 4.79 Å². The van der Waals surface area contributed by atoms with Crippen LogP contribution in [0, 0.1) is 0 Å². The van der Waals surface area contributed by atoms with Gasteiger partial charge in [0.25, 0.3) is 0 Å². The zero-order chi connectivity index (χ0) is 8.97. The van der Waals surface area contributed by atoms with Gasteiger partial charge < -0.3 is 0 Å². The third-order valence-electron chi connectivity index (χ3n) is 1.54. The Bertz CT molecular complexity index is 279. The second-order valence-electron chi connectivity index (χ2n) is 2.38. The molecule has 0 radical (unpaired) electrons. The summed E-state index contributed by atoms with van der Waals surface area (Å²) >= 11 is 5.84. The van der Waals surface area contributed by atoms with E-state index in [1.807, 2.05) is 30.3 Å². The van der Waals surface area contributed by atoms with Crippen molar-refractivity contribution in [1.82, 2.24) is 0 Å². The van der Waals surface area contributed by atoms with Crippen molar-refractivity contribution in [2.75, 3.05) is 0 Å². The highest BCUT2D eigenvalue weighted by Crippen LogP contribution is 2.20. The van der Waals surface area contributed by atoms with Crippen LogP contribution < -0.4 is 0 Å². The van der Waals surface area contributed by atoms with Gasteiger partial charge in [0, 0.05) is 0 Å². The first-order valence-corrected chi connectivity index (χ1v) is 4.04. The van der Waals surface area contributed by atoms with Crippen molar-refractivity contribution >= 4 is 17.4 Å². The fourth-order valence-electron chi connectivity index (χ4n) is 0.890. The Morgan fingerprint density at radius 3 is 2.50 bits per heavy atom. The molecular weight excluding hydrogens is 172 g/mol. The van der Waals surface area contributed by atoms with E-state index in [0.29, 0.717) is 0 Å². The van der Waals surface area contributed by atoms with E-state index in [2.05, 4.69) is 6.58 Å². The molecule has 1 nitrogen and oxygen atoms in total. The average molecular weight is 181 g/mol. The first-order chi connectivity index (χ1) is 5.75. The maximum absolute atomic E-state index is 11.1. The van der Waals surface area contributed by atoms with Crippen molar-refractivity contribution in [1.29, 1.82) is 0 Å². The smallest absolute Gasteiger partial charge is 0.177 e. The van der Waals surface area contributed by atoms with E-state index in [1.54, 1.807) is 0 Å². The van der Waals surface area contributed by atoms with Crippen LogP contribution in [0.2, 0.25) is 0 Å². The zero-order valence-corrected chi connectivity index (χ0v) is 7.29. The lowest BCUT2D eigenvalue weighted by Crippen LogP contribution is -2.02. The monoisotopic (exact) mass is 180 g/mol. The molecule has 0 N–H and O–H groups in total. The fourth-order valence-corrected chi connectivity index (χ4v) is 1.12. The van der Waals surface area contributed by atoms with Crippen molar-refractivity contribution < 1.29 is 4.79 Å². The van der Waals surface area contributed by atoms with Gasteiger partial charge in [0.05, 0.1) is 0 Å². The molecule has 0 aromatic heterocycles. The molecule has 1 rings (SSSR count). The molecule has 0 amide bonds. The van der Waals surface area contributed by atoms with Gasteiger partial charge in [0.15, 0.2) is 5.78 Å². The zero-order valence-electron chi connectivity index (χ0n) is 6.53. The van der Waals surface area contributed by atoms with E-state index in [9.17, 15) is 4.79 Å². The van der Waals surface area contributed by atoms with E-state index < -0.39 is 5.38 Å². The summed E-state index contributed by atoms with van der Waals surface area (Å²) < 4.78 is 0. The van der Waals surface area contributed by atoms with Gasteiger partial charge in [-0.2, -0.15) is 0 Å². The third-order valence-corrected chi connectivity index (χ3v) is 2.01. The molecule has 1 unspecified atom stereocenters. The van der Waals surface area contributed by atoms with Crippen LogP contribution in [0.25, 0.3) is 0 Å². The number of carbonyl (C=O) groups excluding carboxylic acids is 1. The van der Waals surface area contributed by atoms with Crippen molar-refractivity contribution in [3.8, 4) is 0 Å². The minimum absolute atomic E-state index is 0.164. The Balaban J connectivity index is 2.85. The van der Waals surface area contributed by atoms with Crippen molar-refractivity contribution in [3.05, 3.63) is 48.6 Å². The summed E-state index contributed by atoms with van der Waals surface area (Å²) in [5, 5.41) is -0.594. The lowest BCUT2D eigenvalue weighted by Gasteiger charge is -2.04. The Kier molecular flexibility index (Phi) is 3.06. The van der Waals surface area contributed by atoms with Gasteiger partial charge in [0.1, 0.15) is 5.38 Å². The summed E-state index contributed by atoms with van der Waals surface area (Å²) in [7, 11) is 0. The van der Waals surface area contributed by atoms with Crippen LogP contribution >= 0.6 is 11.6 Å².